The lowest BCUT2D eigenvalue weighted by Gasteiger charge is -1.91. The Hall–Kier alpha value is -1.33. The molecule has 0 saturated carbocycles. The molecular formula is C10H12N4S. The molecule has 0 aliphatic rings. The fourth-order valence-electron chi connectivity index (χ4n) is 1.35. The summed E-state index contributed by atoms with van der Waals surface area (Å²) < 4.78 is 0. The van der Waals surface area contributed by atoms with Crippen LogP contribution in [-0.4, -0.2) is 15.0 Å². The molecule has 2 rings (SSSR count). The summed E-state index contributed by atoms with van der Waals surface area (Å²) in [7, 11) is 0. The van der Waals surface area contributed by atoms with Crippen LogP contribution in [0, 0.1) is 0 Å². The molecule has 2 heterocycles. The first-order valence-electron chi connectivity index (χ1n) is 4.80. The van der Waals surface area contributed by atoms with E-state index in [-0.39, 0.29) is 0 Å². The van der Waals surface area contributed by atoms with E-state index < -0.39 is 0 Å². The summed E-state index contributed by atoms with van der Waals surface area (Å²) in [5.41, 5.74) is 7.60. The average molecular weight is 220 g/mol. The molecule has 0 bridgehead atoms. The molecule has 0 amide bonds. The smallest absolute Gasteiger partial charge is 0.142 e. The summed E-state index contributed by atoms with van der Waals surface area (Å²) in [5.74, 6) is 0. The van der Waals surface area contributed by atoms with Crippen molar-refractivity contribution in [3.8, 4) is 10.7 Å². The van der Waals surface area contributed by atoms with Crippen LogP contribution in [0.25, 0.3) is 10.7 Å². The van der Waals surface area contributed by atoms with E-state index in [1.54, 1.807) is 17.5 Å². The van der Waals surface area contributed by atoms with Crippen molar-refractivity contribution >= 4 is 11.3 Å². The van der Waals surface area contributed by atoms with Gasteiger partial charge in [-0.3, -0.25) is 0 Å². The SMILES string of the molecule is CCc1nc(-c2ccncn2)sc1CN. The van der Waals surface area contributed by atoms with Gasteiger partial charge < -0.3 is 5.73 Å². The molecule has 0 spiro atoms. The normalized spacial score (nSPS) is 10.5. The fraction of sp³-hybridized carbons (Fsp3) is 0.300. The molecule has 0 atom stereocenters. The highest BCUT2D eigenvalue weighted by Gasteiger charge is 2.10. The second kappa shape index (κ2) is 4.46. The number of nitrogens with two attached hydrogens (primary N) is 1. The van der Waals surface area contributed by atoms with Crippen LogP contribution in [-0.2, 0) is 13.0 Å². The highest BCUT2D eigenvalue weighted by Crippen LogP contribution is 2.26. The molecule has 0 aliphatic carbocycles. The van der Waals surface area contributed by atoms with Crippen molar-refractivity contribution in [2.75, 3.05) is 0 Å². The minimum absolute atomic E-state index is 0.548. The summed E-state index contributed by atoms with van der Waals surface area (Å²) in [6.07, 6.45) is 4.16. The largest absolute Gasteiger partial charge is 0.326 e. The summed E-state index contributed by atoms with van der Waals surface area (Å²) >= 11 is 1.61. The van der Waals surface area contributed by atoms with Crippen molar-refractivity contribution < 1.29 is 0 Å². The summed E-state index contributed by atoms with van der Waals surface area (Å²) in [5, 5.41) is 0.926. The van der Waals surface area contributed by atoms with Crippen LogP contribution in [0.3, 0.4) is 0 Å². The van der Waals surface area contributed by atoms with Crippen molar-refractivity contribution in [3.05, 3.63) is 29.2 Å². The lowest BCUT2D eigenvalue weighted by molar-refractivity contribution is 0.988. The lowest BCUT2D eigenvalue weighted by Crippen LogP contribution is -1.96. The van der Waals surface area contributed by atoms with Gasteiger partial charge in [0.2, 0.25) is 0 Å². The van der Waals surface area contributed by atoms with Crippen molar-refractivity contribution in [3.63, 3.8) is 0 Å². The molecule has 2 aromatic heterocycles. The van der Waals surface area contributed by atoms with Gasteiger partial charge in [0.05, 0.1) is 5.69 Å². The monoisotopic (exact) mass is 220 g/mol. The van der Waals surface area contributed by atoms with E-state index in [4.69, 9.17) is 5.73 Å². The van der Waals surface area contributed by atoms with Crippen molar-refractivity contribution in [2.24, 2.45) is 5.73 Å². The van der Waals surface area contributed by atoms with Crippen LogP contribution < -0.4 is 5.73 Å². The van der Waals surface area contributed by atoms with Gasteiger partial charge in [0, 0.05) is 17.6 Å². The average Bonchev–Trinajstić information content (AvgIpc) is 2.73. The van der Waals surface area contributed by atoms with Crippen molar-refractivity contribution in [1.82, 2.24) is 15.0 Å². The molecule has 0 aromatic carbocycles. The molecule has 2 N–H and O–H groups in total. The first kappa shape index (κ1) is 10.2. The van der Waals surface area contributed by atoms with Crippen LogP contribution in [0.15, 0.2) is 18.6 Å². The molecule has 0 aliphatic heterocycles. The molecule has 0 saturated heterocycles. The zero-order valence-electron chi connectivity index (χ0n) is 8.47. The number of thiazole rings is 1. The highest BCUT2D eigenvalue weighted by atomic mass is 32.1. The van der Waals surface area contributed by atoms with Gasteiger partial charge >= 0.3 is 0 Å². The lowest BCUT2D eigenvalue weighted by atomic mass is 10.3. The van der Waals surface area contributed by atoms with Gasteiger partial charge in [0.1, 0.15) is 17.0 Å². The van der Waals surface area contributed by atoms with E-state index in [1.165, 1.54) is 6.33 Å². The Morgan fingerprint density at radius 3 is 2.87 bits per heavy atom. The van der Waals surface area contributed by atoms with E-state index in [2.05, 4.69) is 21.9 Å². The van der Waals surface area contributed by atoms with E-state index in [1.807, 2.05) is 6.07 Å². The molecular weight excluding hydrogens is 208 g/mol. The van der Waals surface area contributed by atoms with Gasteiger partial charge in [-0.05, 0) is 12.5 Å². The second-order valence-electron chi connectivity index (χ2n) is 3.04. The maximum absolute atomic E-state index is 5.66. The number of hydrogen-bond acceptors (Lipinski definition) is 5. The van der Waals surface area contributed by atoms with Crippen molar-refractivity contribution in [2.45, 2.75) is 19.9 Å². The minimum atomic E-state index is 0.548. The van der Waals surface area contributed by atoms with Gasteiger partial charge in [-0.1, -0.05) is 6.92 Å². The maximum Gasteiger partial charge on any atom is 0.142 e. The third-order valence-corrected chi connectivity index (χ3v) is 3.24. The quantitative estimate of drug-likeness (QED) is 0.853. The Balaban J connectivity index is 2.42. The van der Waals surface area contributed by atoms with Crippen LogP contribution >= 0.6 is 11.3 Å². The van der Waals surface area contributed by atoms with Crippen LogP contribution in [0.5, 0.6) is 0 Å². The molecule has 15 heavy (non-hydrogen) atoms. The van der Waals surface area contributed by atoms with E-state index in [0.29, 0.717) is 6.54 Å². The Labute approximate surface area is 92.2 Å². The summed E-state index contributed by atoms with van der Waals surface area (Å²) in [6.45, 7) is 2.63. The van der Waals surface area contributed by atoms with Crippen LogP contribution in [0.2, 0.25) is 0 Å². The topological polar surface area (TPSA) is 64.7 Å². The standard InChI is InChI=1S/C10H12N4S/c1-2-7-9(5-11)15-10(14-7)8-3-4-12-6-13-8/h3-4,6H,2,5,11H2,1H3. The Morgan fingerprint density at radius 1 is 1.47 bits per heavy atom. The van der Waals surface area contributed by atoms with Gasteiger partial charge in [0.15, 0.2) is 0 Å². The molecule has 0 radical (unpaired) electrons. The first-order valence-corrected chi connectivity index (χ1v) is 5.61. The number of nitrogens with zero attached hydrogens (tertiary/aromatic N) is 3. The number of hydrogen-bond donors (Lipinski definition) is 1. The predicted molar refractivity (Wildman–Crippen MR) is 60.4 cm³/mol. The number of rotatable bonds is 3. The van der Waals surface area contributed by atoms with Crippen LogP contribution in [0.1, 0.15) is 17.5 Å². The molecule has 0 fully saturated rings. The number of aryl methyl sites for hydroxylation is 1. The van der Waals surface area contributed by atoms with E-state index in [0.717, 1.165) is 27.7 Å². The molecule has 4 nitrogen and oxygen atoms in total. The third kappa shape index (κ3) is 2.03. The molecule has 0 unspecified atom stereocenters. The Kier molecular flexibility index (Phi) is 3.03. The first-order chi connectivity index (χ1) is 7.35. The molecule has 5 heteroatoms. The maximum atomic E-state index is 5.66. The van der Waals surface area contributed by atoms with Gasteiger partial charge in [-0.25, -0.2) is 15.0 Å². The zero-order valence-corrected chi connectivity index (χ0v) is 9.29. The van der Waals surface area contributed by atoms with Crippen LogP contribution in [0.4, 0.5) is 0 Å². The summed E-state index contributed by atoms with van der Waals surface area (Å²) in [6, 6.07) is 1.86. The second-order valence-corrected chi connectivity index (χ2v) is 4.12. The molecule has 2 aromatic rings. The van der Waals surface area contributed by atoms with Crippen molar-refractivity contribution in [1.29, 1.82) is 0 Å². The van der Waals surface area contributed by atoms with Gasteiger partial charge in [-0.2, -0.15) is 0 Å². The highest BCUT2D eigenvalue weighted by molar-refractivity contribution is 7.15. The number of aromatic nitrogens is 3. The third-order valence-electron chi connectivity index (χ3n) is 2.10. The van der Waals surface area contributed by atoms with Gasteiger partial charge in [-0.15, -0.1) is 11.3 Å². The minimum Gasteiger partial charge on any atom is -0.326 e. The van der Waals surface area contributed by atoms with E-state index >= 15 is 0 Å². The Morgan fingerprint density at radius 2 is 2.33 bits per heavy atom. The zero-order chi connectivity index (χ0) is 10.7. The van der Waals surface area contributed by atoms with E-state index in [9.17, 15) is 0 Å². The van der Waals surface area contributed by atoms with Gasteiger partial charge in [0.25, 0.3) is 0 Å². The fourth-order valence-corrected chi connectivity index (χ4v) is 2.35. The summed E-state index contributed by atoms with van der Waals surface area (Å²) in [4.78, 5) is 13.7. The molecule has 78 valence electrons. The predicted octanol–water partition coefficient (Wildman–Crippen LogP) is 1.62. The Bertz CT molecular complexity index is 416.